The summed E-state index contributed by atoms with van der Waals surface area (Å²) < 4.78 is 0. The van der Waals surface area contributed by atoms with E-state index in [9.17, 15) is 0 Å². The van der Waals surface area contributed by atoms with Crippen molar-refractivity contribution in [2.75, 3.05) is 0 Å². The summed E-state index contributed by atoms with van der Waals surface area (Å²) in [6, 6.07) is 11.3. The fourth-order valence-electron chi connectivity index (χ4n) is 2.03. The van der Waals surface area contributed by atoms with E-state index in [2.05, 4.69) is 58.0 Å². The Morgan fingerprint density at radius 2 is 1.67 bits per heavy atom. The van der Waals surface area contributed by atoms with Crippen molar-refractivity contribution in [3.8, 4) is 11.1 Å². The van der Waals surface area contributed by atoms with Gasteiger partial charge in [-0.15, -0.1) is 0 Å². The molecule has 2 aliphatic rings. The summed E-state index contributed by atoms with van der Waals surface area (Å²) in [7, 11) is 0. The van der Waals surface area contributed by atoms with Crippen LogP contribution in [-0.2, 0) is 0 Å². The molecule has 2 aliphatic carbocycles. The van der Waals surface area contributed by atoms with Gasteiger partial charge >= 0.3 is 0 Å². The standard InChI is InChI=1S/C15H18/c1-10(2)13-6-5-12(4)15-8-11(3)7-14(15)9-13/h5-10H,1-4H3. The van der Waals surface area contributed by atoms with Crippen LogP contribution in [0.5, 0.6) is 0 Å². The molecule has 0 fully saturated rings. The summed E-state index contributed by atoms with van der Waals surface area (Å²) >= 11 is 0. The van der Waals surface area contributed by atoms with Crippen molar-refractivity contribution in [2.24, 2.45) is 0 Å². The first-order chi connectivity index (χ1) is 7.08. The van der Waals surface area contributed by atoms with Gasteiger partial charge in [-0.3, -0.25) is 0 Å². The second-order valence-corrected chi connectivity index (χ2v) is 4.72. The number of hydrogen-bond donors (Lipinski definition) is 0. The van der Waals surface area contributed by atoms with Crippen molar-refractivity contribution in [3.05, 3.63) is 47.0 Å². The van der Waals surface area contributed by atoms with E-state index in [0.717, 1.165) is 0 Å². The molecule has 15 heavy (non-hydrogen) atoms. The highest BCUT2D eigenvalue weighted by molar-refractivity contribution is 5.72. The molecule has 0 spiro atoms. The van der Waals surface area contributed by atoms with Crippen molar-refractivity contribution in [1.82, 2.24) is 0 Å². The molecule has 0 aromatic heterocycles. The van der Waals surface area contributed by atoms with Gasteiger partial charge in [0.05, 0.1) is 0 Å². The second-order valence-electron chi connectivity index (χ2n) is 4.72. The van der Waals surface area contributed by atoms with Gasteiger partial charge in [-0.2, -0.15) is 0 Å². The fraction of sp³-hybridized carbons (Fsp3) is 0.333. The summed E-state index contributed by atoms with van der Waals surface area (Å²) in [5.74, 6) is 0.593. The molecule has 0 unspecified atom stereocenters. The van der Waals surface area contributed by atoms with Crippen LogP contribution < -0.4 is 0 Å². The van der Waals surface area contributed by atoms with Gasteiger partial charge in [0.1, 0.15) is 0 Å². The molecule has 0 amide bonds. The molecule has 78 valence electrons. The molecule has 0 aromatic rings. The molecule has 0 aromatic carbocycles. The largest absolute Gasteiger partial charge is 0.0587 e. The van der Waals surface area contributed by atoms with Crippen LogP contribution in [0.3, 0.4) is 0 Å². The SMILES string of the molecule is Cc1cc2cc(C(C)C)ccc(C)c-2c1. The van der Waals surface area contributed by atoms with Gasteiger partial charge in [0.2, 0.25) is 0 Å². The van der Waals surface area contributed by atoms with Crippen LogP contribution >= 0.6 is 0 Å². The Hall–Kier alpha value is -1.30. The molecule has 2 rings (SSSR count). The van der Waals surface area contributed by atoms with Crippen molar-refractivity contribution in [1.29, 1.82) is 0 Å². The maximum Gasteiger partial charge on any atom is -0.0152 e. The molecular formula is C15H18. The topological polar surface area (TPSA) is 0 Å². The summed E-state index contributed by atoms with van der Waals surface area (Å²) in [6.07, 6.45) is 0. The molecule has 0 N–H and O–H groups in total. The number of hydrogen-bond acceptors (Lipinski definition) is 0. The maximum atomic E-state index is 2.32. The first-order valence-corrected chi connectivity index (χ1v) is 5.59. The quantitative estimate of drug-likeness (QED) is 0.631. The minimum Gasteiger partial charge on any atom is -0.0587 e. The Kier molecular flexibility index (Phi) is 2.52. The van der Waals surface area contributed by atoms with E-state index in [4.69, 9.17) is 0 Å². The van der Waals surface area contributed by atoms with Crippen molar-refractivity contribution in [2.45, 2.75) is 33.6 Å². The maximum absolute atomic E-state index is 2.32. The van der Waals surface area contributed by atoms with Gasteiger partial charge in [-0.25, -0.2) is 0 Å². The van der Waals surface area contributed by atoms with E-state index in [1.54, 1.807) is 0 Å². The summed E-state index contributed by atoms with van der Waals surface area (Å²) in [6.45, 7) is 8.83. The average molecular weight is 198 g/mol. The normalized spacial score (nSPS) is 11.3. The first-order valence-electron chi connectivity index (χ1n) is 5.59. The predicted octanol–water partition coefficient (Wildman–Crippen LogP) is 4.53. The van der Waals surface area contributed by atoms with Crippen molar-refractivity contribution in [3.63, 3.8) is 0 Å². The fourth-order valence-corrected chi connectivity index (χ4v) is 2.03. The molecule has 0 saturated heterocycles. The lowest BCUT2D eigenvalue weighted by atomic mass is 10.0. The van der Waals surface area contributed by atoms with Crippen LogP contribution in [0.1, 0.15) is 36.5 Å². The number of aryl methyl sites for hydroxylation is 2. The number of fused-ring (bicyclic) bond motifs is 1. The lowest BCUT2D eigenvalue weighted by molar-refractivity contribution is 0.869. The van der Waals surface area contributed by atoms with Crippen LogP contribution in [0, 0.1) is 13.8 Å². The van der Waals surface area contributed by atoms with Crippen LogP contribution in [-0.4, -0.2) is 0 Å². The predicted molar refractivity (Wildman–Crippen MR) is 66.6 cm³/mol. The molecule has 0 saturated carbocycles. The zero-order chi connectivity index (χ0) is 11.0. The minimum absolute atomic E-state index is 0.593. The Morgan fingerprint density at radius 1 is 0.933 bits per heavy atom. The van der Waals surface area contributed by atoms with Crippen LogP contribution in [0.4, 0.5) is 0 Å². The van der Waals surface area contributed by atoms with Gasteiger partial charge in [0, 0.05) is 0 Å². The zero-order valence-corrected chi connectivity index (χ0v) is 9.96. The van der Waals surface area contributed by atoms with Gasteiger partial charge in [0.15, 0.2) is 0 Å². The van der Waals surface area contributed by atoms with E-state index in [0.29, 0.717) is 5.92 Å². The summed E-state index contributed by atoms with van der Waals surface area (Å²) in [4.78, 5) is 0. The third-order valence-electron chi connectivity index (χ3n) is 3.01. The zero-order valence-electron chi connectivity index (χ0n) is 9.96. The first kappa shape index (κ1) is 10.2. The highest BCUT2D eigenvalue weighted by Crippen LogP contribution is 2.30. The monoisotopic (exact) mass is 198 g/mol. The summed E-state index contributed by atoms with van der Waals surface area (Å²) in [5.41, 5.74) is 6.90. The molecule has 0 heteroatoms. The van der Waals surface area contributed by atoms with E-state index in [1.165, 1.54) is 27.8 Å². The Morgan fingerprint density at radius 3 is 2.33 bits per heavy atom. The molecule has 0 atom stereocenters. The van der Waals surface area contributed by atoms with Crippen molar-refractivity contribution < 1.29 is 0 Å². The smallest absolute Gasteiger partial charge is 0.0152 e. The Balaban J connectivity index is 2.68. The molecular weight excluding hydrogens is 180 g/mol. The van der Waals surface area contributed by atoms with Gasteiger partial charge in [-0.1, -0.05) is 44.2 Å². The van der Waals surface area contributed by atoms with Gasteiger partial charge < -0.3 is 0 Å². The van der Waals surface area contributed by atoms with Gasteiger partial charge in [0.25, 0.3) is 0 Å². The molecule has 0 bridgehead atoms. The highest BCUT2D eigenvalue weighted by atomic mass is 14.1. The lowest BCUT2D eigenvalue weighted by Crippen LogP contribution is -1.82. The molecule has 0 radical (unpaired) electrons. The Bertz CT molecular complexity index is 452. The molecule has 0 heterocycles. The lowest BCUT2D eigenvalue weighted by Gasteiger charge is -2.01. The van der Waals surface area contributed by atoms with Gasteiger partial charge in [-0.05, 0) is 47.6 Å². The molecule has 0 nitrogen and oxygen atoms in total. The highest BCUT2D eigenvalue weighted by Gasteiger charge is 2.08. The third kappa shape index (κ3) is 1.90. The van der Waals surface area contributed by atoms with Crippen LogP contribution in [0.2, 0.25) is 0 Å². The van der Waals surface area contributed by atoms with E-state index in [-0.39, 0.29) is 0 Å². The van der Waals surface area contributed by atoms with Crippen molar-refractivity contribution >= 4 is 0 Å². The third-order valence-corrected chi connectivity index (χ3v) is 3.01. The van der Waals surface area contributed by atoms with Crippen LogP contribution in [0.25, 0.3) is 11.1 Å². The van der Waals surface area contributed by atoms with E-state index in [1.807, 2.05) is 0 Å². The second kappa shape index (κ2) is 3.69. The summed E-state index contributed by atoms with van der Waals surface area (Å²) in [5, 5.41) is 0. The number of rotatable bonds is 1. The average Bonchev–Trinajstić information content (AvgIpc) is 2.46. The van der Waals surface area contributed by atoms with E-state index >= 15 is 0 Å². The minimum atomic E-state index is 0.593. The van der Waals surface area contributed by atoms with Crippen LogP contribution in [0.15, 0.2) is 30.3 Å². The Labute approximate surface area is 92.3 Å². The molecule has 0 aliphatic heterocycles. The van der Waals surface area contributed by atoms with E-state index < -0.39 is 0 Å².